The zero-order chi connectivity index (χ0) is 22.4. The first-order chi connectivity index (χ1) is 14.4. The van der Waals surface area contributed by atoms with Gasteiger partial charge in [0.05, 0.1) is 22.2 Å². The number of nitrogens with zero attached hydrogens (tertiary/aromatic N) is 1. The van der Waals surface area contributed by atoms with Crippen LogP contribution in [0.1, 0.15) is 74.2 Å². The van der Waals surface area contributed by atoms with E-state index in [-0.39, 0.29) is 6.61 Å². The zero-order valence-electron chi connectivity index (χ0n) is 18.6. The molecule has 1 heterocycles. The summed E-state index contributed by atoms with van der Waals surface area (Å²) in [5, 5.41) is 1.24. The summed E-state index contributed by atoms with van der Waals surface area (Å²) < 4.78 is 15.8. The van der Waals surface area contributed by atoms with Crippen molar-refractivity contribution in [1.82, 2.24) is 4.98 Å². The van der Waals surface area contributed by atoms with E-state index in [0.29, 0.717) is 24.2 Å². The highest BCUT2D eigenvalue weighted by atomic mass is 32.1. The van der Waals surface area contributed by atoms with Crippen LogP contribution >= 0.6 is 19.2 Å². The van der Waals surface area contributed by atoms with Gasteiger partial charge in [0.2, 0.25) is 0 Å². The molecule has 4 N–H and O–H groups in total. The van der Waals surface area contributed by atoms with E-state index in [1.54, 1.807) is 0 Å². The van der Waals surface area contributed by atoms with E-state index in [4.69, 9.17) is 25.0 Å². The summed E-state index contributed by atoms with van der Waals surface area (Å²) in [6.45, 7) is 6.71. The molecular weight excluding hydrogens is 431 g/mol. The molecule has 1 aromatic heterocycles. The van der Waals surface area contributed by atoms with Crippen LogP contribution in [-0.2, 0) is 28.4 Å². The molecule has 0 unspecified atom stereocenters. The Balaban J connectivity index is 1.48. The van der Waals surface area contributed by atoms with Crippen LogP contribution in [0.25, 0.3) is 10.4 Å². The highest BCUT2D eigenvalue weighted by Crippen LogP contribution is 2.45. The van der Waals surface area contributed by atoms with Crippen LogP contribution in [0.3, 0.4) is 0 Å². The van der Waals surface area contributed by atoms with Gasteiger partial charge in [0.1, 0.15) is 0 Å². The third-order valence-corrected chi connectivity index (χ3v) is 8.13. The maximum Gasteiger partial charge on any atom is 0.469 e. The fraction of sp³-hybridized carbons (Fsp3) is 0.609. The van der Waals surface area contributed by atoms with Gasteiger partial charge in [-0.1, -0.05) is 39.0 Å². The van der Waals surface area contributed by atoms with Crippen LogP contribution in [-0.4, -0.2) is 26.9 Å². The largest absolute Gasteiger partial charge is 0.469 e. The Labute approximate surface area is 188 Å². The third kappa shape index (κ3) is 5.65. The van der Waals surface area contributed by atoms with E-state index >= 15 is 0 Å². The number of benzene rings is 1. The Morgan fingerprint density at radius 1 is 1.32 bits per heavy atom. The smallest absolute Gasteiger partial charge is 0.323 e. The summed E-state index contributed by atoms with van der Waals surface area (Å²) in [6, 6.07) is 6.74. The number of aryl methyl sites for hydroxylation is 3. The average Bonchev–Trinajstić information content (AvgIpc) is 3.27. The molecule has 170 valence electrons. The van der Waals surface area contributed by atoms with Crippen molar-refractivity contribution in [2.24, 2.45) is 11.1 Å². The minimum absolute atomic E-state index is 0.111. The fourth-order valence-electron chi connectivity index (χ4n) is 4.70. The molecule has 2 aliphatic rings. The molecule has 1 fully saturated rings. The van der Waals surface area contributed by atoms with Gasteiger partial charge in [-0.2, -0.15) is 0 Å². The van der Waals surface area contributed by atoms with Gasteiger partial charge in [-0.3, -0.25) is 4.52 Å². The molecule has 2 aromatic rings. The molecule has 1 saturated carbocycles. The molecule has 6 nitrogen and oxygen atoms in total. The monoisotopic (exact) mass is 464 g/mol. The molecule has 4 rings (SSSR count). The zero-order valence-corrected chi connectivity index (χ0v) is 20.3. The number of hydrogen-bond donors (Lipinski definition) is 3. The predicted octanol–water partition coefficient (Wildman–Crippen LogP) is 4.96. The fourth-order valence-corrected chi connectivity index (χ4v) is 6.30. The second-order valence-electron chi connectivity index (χ2n) is 10.4. The highest BCUT2D eigenvalue weighted by Gasteiger charge is 2.38. The van der Waals surface area contributed by atoms with Crippen molar-refractivity contribution in [3.8, 4) is 10.4 Å². The summed E-state index contributed by atoms with van der Waals surface area (Å²) in [7, 11) is -4.50. The van der Waals surface area contributed by atoms with Crippen LogP contribution in [0, 0.1) is 5.41 Å². The summed E-state index contributed by atoms with van der Waals surface area (Å²) in [6.07, 6.45) is 6.44. The molecule has 0 amide bonds. The van der Waals surface area contributed by atoms with Gasteiger partial charge in [0.15, 0.2) is 0 Å². The number of phosphoric ester groups is 1. The molecule has 0 radical (unpaired) electrons. The number of rotatable bonds is 6. The van der Waals surface area contributed by atoms with Gasteiger partial charge < -0.3 is 15.5 Å². The number of fused-ring (bicyclic) bond motifs is 3. The minimum Gasteiger partial charge on any atom is -0.323 e. The number of aromatic nitrogens is 1. The van der Waals surface area contributed by atoms with Gasteiger partial charge in [0, 0.05) is 5.54 Å². The van der Waals surface area contributed by atoms with Gasteiger partial charge in [-0.15, -0.1) is 11.3 Å². The van der Waals surface area contributed by atoms with E-state index in [9.17, 15) is 4.57 Å². The number of nitrogens with two attached hydrogens (primary N) is 1. The Kier molecular flexibility index (Phi) is 6.23. The number of phosphoric acid groups is 1. The highest BCUT2D eigenvalue weighted by molar-refractivity contribution is 7.46. The third-order valence-electron chi connectivity index (χ3n) is 6.47. The van der Waals surface area contributed by atoms with Gasteiger partial charge in [0.25, 0.3) is 0 Å². The van der Waals surface area contributed by atoms with Crippen LogP contribution in [0.4, 0.5) is 0 Å². The van der Waals surface area contributed by atoms with Crippen molar-refractivity contribution in [2.45, 2.75) is 77.2 Å². The Morgan fingerprint density at radius 3 is 2.81 bits per heavy atom. The Morgan fingerprint density at radius 2 is 2.10 bits per heavy atom. The molecule has 0 spiro atoms. The lowest BCUT2D eigenvalue weighted by Gasteiger charge is -2.24. The first-order valence-electron chi connectivity index (χ1n) is 11.0. The minimum atomic E-state index is -4.50. The van der Waals surface area contributed by atoms with Gasteiger partial charge in [-0.25, -0.2) is 9.55 Å². The lowest BCUT2D eigenvalue weighted by Crippen LogP contribution is -2.41. The lowest BCUT2D eigenvalue weighted by molar-refractivity contribution is 0.153. The number of hydrogen-bond acceptors (Lipinski definition) is 5. The molecule has 2 aliphatic carbocycles. The Hall–Kier alpha value is -1.08. The van der Waals surface area contributed by atoms with Crippen LogP contribution in [0.2, 0.25) is 0 Å². The Bertz CT molecular complexity index is 1010. The lowest BCUT2D eigenvalue weighted by atomic mass is 9.87. The second-order valence-corrected chi connectivity index (χ2v) is 12.7. The first-order valence-corrected chi connectivity index (χ1v) is 13.4. The molecule has 31 heavy (non-hydrogen) atoms. The summed E-state index contributed by atoms with van der Waals surface area (Å²) in [5.41, 5.74) is 11.2. The van der Waals surface area contributed by atoms with Crippen molar-refractivity contribution < 1.29 is 18.9 Å². The van der Waals surface area contributed by atoms with E-state index in [2.05, 4.69) is 39.0 Å². The van der Waals surface area contributed by atoms with E-state index in [1.165, 1.54) is 32.3 Å². The molecular formula is C23H33N2O4PS. The maximum atomic E-state index is 11.0. The van der Waals surface area contributed by atoms with E-state index in [0.717, 1.165) is 32.1 Å². The van der Waals surface area contributed by atoms with Crippen molar-refractivity contribution in [3.63, 3.8) is 0 Å². The van der Waals surface area contributed by atoms with Crippen LogP contribution in [0.5, 0.6) is 0 Å². The molecule has 1 aromatic carbocycles. The maximum absolute atomic E-state index is 11.0. The second kappa shape index (κ2) is 8.36. The average molecular weight is 465 g/mol. The molecule has 0 saturated heterocycles. The molecule has 8 heteroatoms. The predicted molar refractivity (Wildman–Crippen MR) is 124 cm³/mol. The topological polar surface area (TPSA) is 106 Å². The quantitative estimate of drug-likeness (QED) is 0.522. The van der Waals surface area contributed by atoms with Crippen molar-refractivity contribution in [2.75, 3.05) is 6.61 Å². The normalized spacial score (nSPS) is 23.6. The van der Waals surface area contributed by atoms with E-state index < -0.39 is 13.4 Å². The molecule has 0 aliphatic heterocycles. The summed E-state index contributed by atoms with van der Waals surface area (Å²) in [4.78, 5) is 24.2. The van der Waals surface area contributed by atoms with Gasteiger partial charge >= 0.3 is 7.82 Å². The van der Waals surface area contributed by atoms with Crippen molar-refractivity contribution in [1.29, 1.82) is 0 Å². The molecule has 0 bridgehead atoms. The SMILES string of the molecule is CC(C)(C)CCc1nc2c(s1)-c1ccc([C@H]3CC[C@](N)(COP(=O)(O)O)C3)cc1CC2. The summed E-state index contributed by atoms with van der Waals surface area (Å²) in [5.74, 6) is 0.292. The van der Waals surface area contributed by atoms with Gasteiger partial charge in [-0.05, 0) is 73.0 Å². The van der Waals surface area contributed by atoms with Crippen LogP contribution in [0.15, 0.2) is 18.2 Å². The van der Waals surface area contributed by atoms with Crippen molar-refractivity contribution in [3.05, 3.63) is 40.0 Å². The first kappa shape index (κ1) is 23.1. The molecule has 2 atom stereocenters. The van der Waals surface area contributed by atoms with E-state index in [1.807, 2.05) is 11.3 Å². The van der Waals surface area contributed by atoms with Crippen molar-refractivity contribution >= 4 is 19.2 Å². The standard InChI is InChI=1S/C23H33N2O4PS/c1-22(2,3)10-9-20-25-19-7-5-16-12-15(4-6-18(16)21(19)31-20)17-8-11-23(24,13-17)14-29-30(26,27)28/h4,6,12,17H,5,7-11,13-14,24H2,1-3H3,(H2,26,27,28)/t17-,23+/m0/s1. The van der Waals surface area contributed by atoms with Crippen LogP contribution < -0.4 is 5.73 Å². The summed E-state index contributed by atoms with van der Waals surface area (Å²) >= 11 is 1.84. The number of thiazole rings is 1.